The monoisotopic (exact) mass is 351 g/mol. The summed E-state index contributed by atoms with van der Waals surface area (Å²) in [5.41, 5.74) is 2.82. The fraction of sp³-hybridized carbons (Fsp3) is 0.176. The summed E-state index contributed by atoms with van der Waals surface area (Å²) >= 11 is 1.58. The molecule has 25 heavy (non-hydrogen) atoms. The van der Waals surface area contributed by atoms with Gasteiger partial charge in [-0.3, -0.25) is 4.79 Å². The molecule has 1 atom stereocenters. The van der Waals surface area contributed by atoms with E-state index in [9.17, 15) is 4.79 Å². The number of nitrogens with zero attached hydrogens (tertiary/aromatic N) is 4. The quantitative estimate of drug-likeness (QED) is 0.600. The molecule has 1 amide bonds. The molecule has 1 aliphatic heterocycles. The van der Waals surface area contributed by atoms with Gasteiger partial charge in [0.1, 0.15) is 11.0 Å². The lowest BCUT2D eigenvalue weighted by Crippen LogP contribution is -2.40. The summed E-state index contributed by atoms with van der Waals surface area (Å²) in [6, 6.07) is 7.64. The Morgan fingerprint density at radius 1 is 1.36 bits per heavy atom. The number of H-pyrrole nitrogens is 1. The topological polar surface area (TPSA) is 87.9 Å². The van der Waals surface area contributed by atoms with Crippen LogP contribution in [-0.4, -0.2) is 37.3 Å². The number of hydrogen-bond donors (Lipinski definition) is 1. The Morgan fingerprint density at radius 2 is 2.28 bits per heavy atom. The van der Waals surface area contributed by atoms with Crippen LogP contribution < -0.4 is 0 Å². The van der Waals surface area contributed by atoms with Crippen molar-refractivity contribution in [2.75, 3.05) is 6.54 Å². The number of hydrogen-bond acceptors (Lipinski definition) is 6. The zero-order chi connectivity index (χ0) is 16.8. The molecular weight excluding hydrogens is 338 g/mol. The Bertz CT molecular complexity index is 1020. The number of carbonyl (C=O) groups excluding carboxylic acids is 1. The van der Waals surface area contributed by atoms with E-state index in [0.29, 0.717) is 6.54 Å². The van der Waals surface area contributed by atoms with E-state index in [1.165, 1.54) is 12.6 Å². The summed E-state index contributed by atoms with van der Waals surface area (Å²) < 4.78 is 6.30. The second-order valence-electron chi connectivity index (χ2n) is 5.80. The van der Waals surface area contributed by atoms with Gasteiger partial charge in [0.15, 0.2) is 6.39 Å². The van der Waals surface area contributed by atoms with E-state index >= 15 is 0 Å². The molecule has 0 radical (unpaired) electrons. The van der Waals surface area contributed by atoms with Crippen molar-refractivity contribution in [3.63, 3.8) is 0 Å². The van der Waals surface area contributed by atoms with Gasteiger partial charge >= 0.3 is 0 Å². The fourth-order valence-electron chi connectivity index (χ4n) is 3.22. The van der Waals surface area contributed by atoms with Gasteiger partial charge in [0, 0.05) is 18.7 Å². The van der Waals surface area contributed by atoms with Gasteiger partial charge in [-0.05, 0) is 12.1 Å². The first kappa shape index (κ1) is 14.4. The molecule has 1 N–H and O–H groups in total. The maximum Gasteiger partial charge on any atom is 0.292 e. The van der Waals surface area contributed by atoms with Crippen LogP contribution in [0.15, 0.2) is 47.6 Å². The number of amides is 1. The van der Waals surface area contributed by atoms with Gasteiger partial charge < -0.3 is 14.3 Å². The lowest BCUT2D eigenvalue weighted by Gasteiger charge is -2.33. The van der Waals surface area contributed by atoms with Gasteiger partial charge in [-0.15, -0.1) is 11.3 Å². The van der Waals surface area contributed by atoms with Gasteiger partial charge in [-0.2, -0.15) is 0 Å². The standard InChI is InChI=1S/C17H13N5O2S/c23-17(12-7-18-9-24-12)22-6-5-11-14(20-8-19-11)15(22)16-21-10-3-1-2-4-13(10)25-16/h1-4,7-9,15H,5-6H2,(H,19,20)/t15-/m0/s1. The van der Waals surface area contributed by atoms with E-state index in [1.54, 1.807) is 22.6 Å². The van der Waals surface area contributed by atoms with Gasteiger partial charge in [0.25, 0.3) is 5.91 Å². The first-order valence-electron chi connectivity index (χ1n) is 7.88. The van der Waals surface area contributed by atoms with Crippen molar-refractivity contribution in [3.8, 4) is 0 Å². The smallest absolute Gasteiger partial charge is 0.292 e. The van der Waals surface area contributed by atoms with Crippen LogP contribution in [0, 0.1) is 0 Å². The zero-order valence-electron chi connectivity index (χ0n) is 13.0. The third-order valence-corrected chi connectivity index (χ3v) is 5.46. The van der Waals surface area contributed by atoms with E-state index in [-0.39, 0.29) is 17.7 Å². The largest absolute Gasteiger partial charge is 0.438 e. The predicted molar refractivity (Wildman–Crippen MR) is 91.3 cm³/mol. The minimum Gasteiger partial charge on any atom is -0.438 e. The molecule has 4 heterocycles. The van der Waals surface area contributed by atoms with Crippen molar-refractivity contribution in [3.05, 3.63) is 65.3 Å². The highest BCUT2D eigenvalue weighted by atomic mass is 32.1. The molecule has 0 unspecified atom stereocenters. The van der Waals surface area contributed by atoms with Gasteiger partial charge in [0.05, 0.1) is 28.4 Å². The number of thiazole rings is 1. The number of carbonyl (C=O) groups is 1. The Labute approximate surface area is 146 Å². The highest BCUT2D eigenvalue weighted by Crippen LogP contribution is 2.37. The number of aromatic nitrogens is 4. The van der Waals surface area contributed by atoms with Crippen LogP contribution in [0.1, 0.15) is 33.0 Å². The minimum atomic E-state index is -0.329. The van der Waals surface area contributed by atoms with Gasteiger partial charge in [0.2, 0.25) is 5.76 Å². The number of para-hydroxylation sites is 1. The Morgan fingerprint density at radius 3 is 3.12 bits per heavy atom. The second-order valence-corrected chi connectivity index (χ2v) is 6.87. The van der Waals surface area contributed by atoms with Crippen molar-refractivity contribution in [1.82, 2.24) is 24.8 Å². The second kappa shape index (κ2) is 5.52. The number of aromatic amines is 1. The molecule has 1 aliphatic rings. The first-order valence-corrected chi connectivity index (χ1v) is 8.70. The number of benzene rings is 1. The normalized spacial score (nSPS) is 17.0. The van der Waals surface area contributed by atoms with Crippen LogP contribution in [0.3, 0.4) is 0 Å². The van der Waals surface area contributed by atoms with E-state index in [1.807, 2.05) is 24.3 Å². The molecular formula is C17H13N5O2S. The Hall–Kier alpha value is -3.00. The summed E-state index contributed by atoms with van der Waals surface area (Å²) in [6.45, 7) is 0.565. The molecule has 0 saturated carbocycles. The molecule has 0 aliphatic carbocycles. The molecule has 0 saturated heterocycles. The van der Waals surface area contributed by atoms with Crippen LogP contribution in [0.4, 0.5) is 0 Å². The number of fused-ring (bicyclic) bond motifs is 2. The summed E-state index contributed by atoms with van der Waals surface area (Å²) in [5.74, 6) is 0.0282. The molecule has 5 rings (SSSR count). The molecule has 1 aromatic carbocycles. The van der Waals surface area contributed by atoms with Crippen LogP contribution in [0.25, 0.3) is 10.2 Å². The third-order valence-electron chi connectivity index (χ3n) is 4.37. The summed E-state index contributed by atoms with van der Waals surface area (Å²) in [7, 11) is 0. The van der Waals surface area contributed by atoms with Gasteiger partial charge in [-0.25, -0.2) is 15.0 Å². The molecule has 7 nitrogen and oxygen atoms in total. The molecule has 8 heteroatoms. The predicted octanol–water partition coefficient (Wildman–Crippen LogP) is 2.80. The highest BCUT2D eigenvalue weighted by Gasteiger charge is 2.37. The van der Waals surface area contributed by atoms with Crippen molar-refractivity contribution >= 4 is 27.5 Å². The molecule has 0 fully saturated rings. The van der Waals surface area contributed by atoms with Crippen LogP contribution in [0.2, 0.25) is 0 Å². The minimum absolute atomic E-state index is 0.199. The maximum absolute atomic E-state index is 12.9. The van der Waals surface area contributed by atoms with Gasteiger partial charge in [-0.1, -0.05) is 12.1 Å². The number of imidazole rings is 1. The van der Waals surface area contributed by atoms with Crippen molar-refractivity contribution < 1.29 is 9.21 Å². The van der Waals surface area contributed by atoms with Crippen LogP contribution in [0.5, 0.6) is 0 Å². The average Bonchev–Trinajstić information content (AvgIpc) is 3.39. The van der Waals surface area contributed by atoms with Crippen LogP contribution in [-0.2, 0) is 6.42 Å². The average molecular weight is 351 g/mol. The molecule has 124 valence electrons. The summed E-state index contributed by atoms with van der Waals surface area (Å²) in [5, 5.41) is 0.849. The Balaban J connectivity index is 1.64. The zero-order valence-corrected chi connectivity index (χ0v) is 13.9. The van der Waals surface area contributed by atoms with Crippen molar-refractivity contribution in [2.45, 2.75) is 12.5 Å². The molecule has 4 aromatic rings. The van der Waals surface area contributed by atoms with E-state index in [0.717, 1.165) is 33.0 Å². The van der Waals surface area contributed by atoms with Crippen molar-refractivity contribution in [1.29, 1.82) is 0 Å². The Kier molecular flexibility index (Phi) is 3.17. The number of nitrogens with one attached hydrogen (secondary N) is 1. The number of rotatable bonds is 2. The molecule has 0 bridgehead atoms. The third kappa shape index (κ3) is 2.25. The van der Waals surface area contributed by atoms with Crippen LogP contribution >= 0.6 is 11.3 Å². The first-order chi connectivity index (χ1) is 12.3. The maximum atomic E-state index is 12.9. The molecule has 0 spiro atoms. The SMILES string of the molecule is O=C(c1cnco1)N1CCc2[nH]cnc2[C@H]1c1nc2ccccc2s1. The summed E-state index contributed by atoms with van der Waals surface area (Å²) in [4.78, 5) is 30.9. The molecule has 3 aromatic heterocycles. The van der Waals surface area contributed by atoms with E-state index in [2.05, 4.69) is 15.0 Å². The fourth-order valence-corrected chi connectivity index (χ4v) is 4.30. The summed E-state index contributed by atoms with van der Waals surface area (Å²) in [6.07, 6.45) is 5.10. The highest BCUT2D eigenvalue weighted by molar-refractivity contribution is 7.18. The van der Waals surface area contributed by atoms with E-state index in [4.69, 9.17) is 9.40 Å². The van der Waals surface area contributed by atoms with E-state index < -0.39 is 0 Å². The number of oxazole rings is 1. The lowest BCUT2D eigenvalue weighted by atomic mass is 10.0. The lowest BCUT2D eigenvalue weighted by molar-refractivity contribution is 0.0658. The van der Waals surface area contributed by atoms with Crippen molar-refractivity contribution in [2.24, 2.45) is 0 Å².